The molecule has 0 aromatic carbocycles. The van der Waals surface area contributed by atoms with E-state index in [-0.39, 0.29) is 69.5 Å². The van der Waals surface area contributed by atoms with Crippen LogP contribution in [0.2, 0.25) is 0 Å². The molecule has 1 amide bonds. The Balaban J connectivity index is 1.53. The lowest BCUT2D eigenvalue weighted by Gasteiger charge is -2.71. The van der Waals surface area contributed by atoms with Gasteiger partial charge >= 0.3 is 11.9 Å². The van der Waals surface area contributed by atoms with Crippen molar-refractivity contribution in [3.05, 3.63) is 11.6 Å². The van der Waals surface area contributed by atoms with Gasteiger partial charge in [0.2, 0.25) is 5.91 Å². The van der Waals surface area contributed by atoms with Gasteiger partial charge in [0, 0.05) is 32.9 Å². The SMILES string of the molecule is COCCNC(=O)[C@]12CCC(C)(C)C[C@@H]1C1=CC[C@@H]3[C@@]4(C)CC[C@H](OC(C)=O)[C@](C)(COC(C)=O)C4CC[C@@]3(C)[C@]1(C)CC2. The second-order valence-corrected chi connectivity index (χ2v) is 17.0. The summed E-state index contributed by atoms with van der Waals surface area (Å²) in [5.74, 6) is 0.656. The molecule has 0 spiro atoms. The van der Waals surface area contributed by atoms with E-state index in [0.717, 1.165) is 64.2 Å². The molecule has 0 bridgehead atoms. The highest BCUT2D eigenvalue weighted by Gasteiger charge is 2.70. The number of fused-ring (bicyclic) bond motifs is 7. The first-order valence-electron chi connectivity index (χ1n) is 17.3. The fourth-order valence-electron chi connectivity index (χ4n) is 11.7. The van der Waals surface area contributed by atoms with Gasteiger partial charge in [0.05, 0.1) is 12.0 Å². The molecule has 0 saturated heterocycles. The predicted octanol–water partition coefficient (Wildman–Crippen LogP) is 7.03. The number of esters is 2. The largest absolute Gasteiger partial charge is 0.465 e. The lowest BCUT2D eigenvalue weighted by Crippen LogP contribution is -2.66. The molecule has 0 aliphatic heterocycles. The minimum Gasteiger partial charge on any atom is -0.465 e. The van der Waals surface area contributed by atoms with Crippen molar-refractivity contribution < 1.29 is 28.6 Å². The number of carbonyl (C=O) groups is 3. The summed E-state index contributed by atoms with van der Waals surface area (Å²) in [7, 11) is 1.68. The zero-order chi connectivity index (χ0) is 32.3. The zero-order valence-electron chi connectivity index (χ0n) is 29.0. The molecule has 0 aromatic rings. The Kier molecular flexibility index (Phi) is 8.69. The van der Waals surface area contributed by atoms with Crippen molar-refractivity contribution in [1.29, 1.82) is 0 Å². The number of amides is 1. The minimum absolute atomic E-state index is 0.0112. The van der Waals surface area contributed by atoms with Crippen molar-refractivity contribution in [2.24, 2.45) is 50.2 Å². The molecule has 5 aliphatic rings. The highest BCUT2D eigenvalue weighted by atomic mass is 16.6. The number of ether oxygens (including phenoxy) is 3. The summed E-state index contributed by atoms with van der Waals surface area (Å²) in [5, 5.41) is 3.27. The quantitative estimate of drug-likeness (QED) is 0.188. The van der Waals surface area contributed by atoms with Crippen LogP contribution in [0.25, 0.3) is 0 Å². The fraction of sp³-hybridized carbons (Fsp3) is 0.865. The summed E-state index contributed by atoms with van der Waals surface area (Å²) in [6.07, 6.45) is 12.2. The Labute approximate surface area is 266 Å². The maximum Gasteiger partial charge on any atom is 0.302 e. The standard InChI is InChI=1S/C37H59NO6/c1-24(39)43-23-34(6)28-12-15-36(8)29(33(28,5)14-13-30(34)44-25(2)40)11-10-26-27-22-32(3,4)16-18-37(27,19-17-35(26,36)7)31(41)38-20-21-42-9/h10,27-30H,11-23H2,1-9H3,(H,38,41)/t27-,28?,29-,30+,33+,34-,35-,36-,37+/m1/s1. The zero-order valence-corrected chi connectivity index (χ0v) is 29.0. The average molecular weight is 614 g/mol. The number of allylic oxidation sites excluding steroid dienone is 2. The lowest BCUT2D eigenvalue weighted by atomic mass is 9.33. The predicted molar refractivity (Wildman–Crippen MR) is 170 cm³/mol. The van der Waals surface area contributed by atoms with Gasteiger partial charge in [-0.1, -0.05) is 53.2 Å². The van der Waals surface area contributed by atoms with Crippen molar-refractivity contribution in [3.63, 3.8) is 0 Å². The summed E-state index contributed by atoms with van der Waals surface area (Å²) in [5.41, 5.74) is 1.08. The van der Waals surface area contributed by atoms with Gasteiger partial charge in [0.25, 0.3) is 0 Å². The molecule has 9 atom stereocenters. The van der Waals surface area contributed by atoms with Gasteiger partial charge in [-0.15, -0.1) is 0 Å². The summed E-state index contributed by atoms with van der Waals surface area (Å²) in [4.78, 5) is 38.2. The Morgan fingerprint density at radius 2 is 1.59 bits per heavy atom. The first kappa shape index (κ1) is 33.5. The Morgan fingerprint density at radius 3 is 2.25 bits per heavy atom. The van der Waals surface area contributed by atoms with E-state index in [2.05, 4.69) is 52.9 Å². The van der Waals surface area contributed by atoms with E-state index in [4.69, 9.17) is 14.2 Å². The lowest BCUT2D eigenvalue weighted by molar-refractivity contribution is -0.226. The first-order chi connectivity index (χ1) is 20.5. The normalized spacial score (nSPS) is 44.1. The van der Waals surface area contributed by atoms with Crippen LogP contribution in [0.3, 0.4) is 0 Å². The van der Waals surface area contributed by atoms with Gasteiger partial charge in [-0.2, -0.15) is 0 Å². The molecule has 0 radical (unpaired) electrons. The summed E-state index contributed by atoms with van der Waals surface area (Å²) >= 11 is 0. The second kappa shape index (κ2) is 11.4. The number of carbonyl (C=O) groups excluding carboxylic acids is 3. The molecule has 4 saturated carbocycles. The second-order valence-electron chi connectivity index (χ2n) is 17.0. The van der Waals surface area contributed by atoms with Crippen molar-refractivity contribution >= 4 is 17.8 Å². The highest BCUT2D eigenvalue weighted by molar-refractivity contribution is 5.84. The number of hydrogen-bond acceptors (Lipinski definition) is 6. The van der Waals surface area contributed by atoms with Gasteiger partial charge in [-0.25, -0.2) is 0 Å². The molecule has 7 nitrogen and oxygen atoms in total. The van der Waals surface area contributed by atoms with Gasteiger partial charge in [0.1, 0.15) is 12.7 Å². The van der Waals surface area contributed by atoms with E-state index in [9.17, 15) is 14.4 Å². The molecule has 0 heterocycles. The molecule has 7 heteroatoms. The van der Waals surface area contributed by atoms with Crippen molar-refractivity contribution in [2.45, 2.75) is 126 Å². The third-order valence-corrected chi connectivity index (χ3v) is 14.3. The Hall–Kier alpha value is -1.89. The molecule has 5 aliphatic carbocycles. The van der Waals surface area contributed by atoms with Crippen molar-refractivity contribution in [2.75, 3.05) is 26.9 Å². The van der Waals surface area contributed by atoms with Gasteiger partial charge in [-0.05, 0) is 104 Å². The maximum absolute atomic E-state index is 14.0. The van der Waals surface area contributed by atoms with Gasteiger partial charge in [-0.3, -0.25) is 14.4 Å². The van der Waals surface area contributed by atoms with E-state index in [0.29, 0.717) is 19.1 Å². The molecule has 44 heavy (non-hydrogen) atoms. The molecule has 4 fully saturated rings. The first-order valence-corrected chi connectivity index (χ1v) is 17.3. The van der Waals surface area contributed by atoms with E-state index < -0.39 is 5.41 Å². The molecular formula is C37H59NO6. The molecule has 248 valence electrons. The number of rotatable bonds is 7. The number of nitrogens with one attached hydrogen (secondary N) is 1. The van der Waals surface area contributed by atoms with Crippen LogP contribution in [0.5, 0.6) is 0 Å². The van der Waals surface area contributed by atoms with Crippen LogP contribution in [0.1, 0.15) is 120 Å². The summed E-state index contributed by atoms with van der Waals surface area (Å²) in [6, 6.07) is 0. The van der Waals surface area contributed by atoms with E-state index in [1.165, 1.54) is 13.8 Å². The van der Waals surface area contributed by atoms with E-state index in [1.807, 2.05) is 0 Å². The van der Waals surface area contributed by atoms with Crippen LogP contribution in [-0.2, 0) is 28.6 Å². The maximum atomic E-state index is 14.0. The molecule has 1 N–H and O–H groups in total. The van der Waals surface area contributed by atoms with Crippen LogP contribution in [0.15, 0.2) is 11.6 Å². The van der Waals surface area contributed by atoms with Crippen LogP contribution in [0, 0.1) is 50.2 Å². The highest BCUT2D eigenvalue weighted by Crippen LogP contribution is 2.76. The van der Waals surface area contributed by atoms with E-state index in [1.54, 1.807) is 12.7 Å². The van der Waals surface area contributed by atoms with E-state index >= 15 is 0 Å². The molecular weight excluding hydrogens is 554 g/mol. The Bertz CT molecular complexity index is 1190. The van der Waals surface area contributed by atoms with Crippen LogP contribution in [-0.4, -0.2) is 50.8 Å². The average Bonchev–Trinajstić information content (AvgIpc) is 2.93. The number of methoxy groups -OCH3 is 1. The summed E-state index contributed by atoms with van der Waals surface area (Å²) < 4.78 is 16.9. The van der Waals surface area contributed by atoms with Crippen LogP contribution in [0.4, 0.5) is 0 Å². The van der Waals surface area contributed by atoms with Gasteiger partial charge < -0.3 is 19.5 Å². The molecule has 1 unspecified atom stereocenters. The Morgan fingerprint density at radius 1 is 0.886 bits per heavy atom. The summed E-state index contributed by atoms with van der Waals surface area (Å²) in [6.45, 7) is 18.9. The van der Waals surface area contributed by atoms with Gasteiger partial charge in [0.15, 0.2) is 0 Å². The van der Waals surface area contributed by atoms with Crippen molar-refractivity contribution in [3.8, 4) is 0 Å². The topological polar surface area (TPSA) is 90.9 Å². The van der Waals surface area contributed by atoms with Crippen molar-refractivity contribution in [1.82, 2.24) is 5.32 Å². The smallest absolute Gasteiger partial charge is 0.302 e. The monoisotopic (exact) mass is 613 g/mol. The van der Waals surface area contributed by atoms with Crippen LogP contribution < -0.4 is 5.32 Å². The number of hydrogen-bond donors (Lipinski definition) is 1. The minimum atomic E-state index is -0.439. The molecule has 0 aromatic heterocycles. The fourth-order valence-corrected chi connectivity index (χ4v) is 11.7. The molecule has 5 rings (SSSR count). The van der Waals surface area contributed by atoms with Crippen LogP contribution >= 0.6 is 0 Å². The third-order valence-electron chi connectivity index (χ3n) is 14.3. The third kappa shape index (κ3) is 5.06.